The largest absolute Gasteiger partial charge is 0.496 e. The maximum absolute atomic E-state index is 10.6. The molecule has 4 rings (SSSR count). The molecule has 0 amide bonds. The Kier molecular flexibility index (Phi) is 7.47. The van der Waals surface area contributed by atoms with Gasteiger partial charge in [0.1, 0.15) is 11.6 Å². The number of fused-ring (bicyclic) bond motifs is 1. The molecule has 33 heavy (non-hydrogen) atoms. The van der Waals surface area contributed by atoms with Gasteiger partial charge in [-0.3, -0.25) is 4.68 Å². The second-order valence-corrected chi connectivity index (χ2v) is 7.86. The average molecular weight is 464 g/mol. The highest BCUT2D eigenvalue weighted by molar-refractivity contribution is 5.89. The molecule has 2 aromatic carbocycles. The summed E-state index contributed by atoms with van der Waals surface area (Å²) in [5.41, 5.74) is 2.28. The summed E-state index contributed by atoms with van der Waals surface area (Å²) in [7, 11) is 3.77. The van der Waals surface area contributed by atoms with Crippen LogP contribution in [0.3, 0.4) is 0 Å². The highest BCUT2D eigenvalue weighted by Gasteiger charge is 2.38. The number of carboxylic acid groups (broad SMARTS) is 1. The molecule has 10 heteroatoms. The van der Waals surface area contributed by atoms with Crippen LogP contribution in [0.4, 0.5) is 19.0 Å². The van der Waals surface area contributed by atoms with Crippen molar-refractivity contribution in [2.45, 2.75) is 32.1 Å². The number of anilines is 1. The predicted molar refractivity (Wildman–Crippen MR) is 120 cm³/mol. The number of methoxy groups -OCH3 is 1. The number of benzene rings is 2. The van der Waals surface area contributed by atoms with E-state index < -0.39 is 12.1 Å². The van der Waals surface area contributed by atoms with E-state index in [9.17, 15) is 13.2 Å². The normalized spacial score (nSPS) is 15.9. The predicted octanol–water partition coefficient (Wildman–Crippen LogP) is 3.89. The zero-order valence-electron chi connectivity index (χ0n) is 18.7. The van der Waals surface area contributed by atoms with Gasteiger partial charge in [-0.05, 0) is 18.7 Å². The number of aromatic nitrogens is 2. The van der Waals surface area contributed by atoms with Gasteiger partial charge in [-0.15, -0.1) is 0 Å². The number of aryl methyl sites for hydroxylation is 2. The molecule has 178 valence electrons. The summed E-state index contributed by atoms with van der Waals surface area (Å²) in [6.45, 7) is 4.93. The van der Waals surface area contributed by atoms with Crippen molar-refractivity contribution >= 4 is 22.6 Å². The first kappa shape index (κ1) is 24.4. The molecular formula is C23H27F3N4O3. The first-order chi connectivity index (χ1) is 15.6. The number of ether oxygens (including phenoxy) is 1. The van der Waals surface area contributed by atoms with Crippen LogP contribution >= 0.6 is 0 Å². The van der Waals surface area contributed by atoms with Crippen LogP contribution in [0.25, 0.3) is 10.8 Å². The summed E-state index contributed by atoms with van der Waals surface area (Å²) >= 11 is 0. The minimum atomic E-state index is -5.08. The lowest BCUT2D eigenvalue weighted by Gasteiger charge is -2.19. The van der Waals surface area contributed by atoms with E-state index in [0.717, 1.165) is 37.5 Å². The third kappa shape index (κ3) is 5.95. The van der Waals surface area contributed by atoms with E-state index in [1.165, 1.54) is 22.2 Å². The van der Waals surface area contributed by atoms with Gasteiger partial charge in [-0.25, -0.2) is 4.79 Å². The Morgan fingerprint density at radius 2 is 1.97 bits per heavy atom. The summed E-state index contributed by atoms with van der Waals surface area (Å²) in [6.07, 6.45) is -3.94. The molecule has 2 heterocycles. The molecular weight excluding hydrogens is 437 g/mol. The van der Waals surface area contributed by atoms with Gasteiger partial charge in [-0.2, -0.15) is 18.3 Å². The van der Waals surface area contributed by atoms with Crippen molar-refractivity contribution in [3.05, 3.63) is 53.7 Å². The van der Waals surface area contributed by atoms with Crippen LogP contribution in [0.15, 0.2) is 42.5 Å². The van der Waals surface area contributed by atoms with Crippen LogP contribution in [0.5, 0.6) is 5.75 Å². The van der Waals surface area contributed by atoms with E-state index in [2.05, 4.69) is 57.8 Å². The van der Waals surface area contributed by atoms with Crippen molar-refractivity contribution < 1.29 is 27.8 Å². The fourth-order valence-electron chi connectivity index (χ4n) is 3.95. The molecule has 1 aromatic heterocycles. The minimum absolute atomic E-state index is 0.474. The van der Waals surface area contributed by atoms with Crippen LogP contribution < -0.4 is 15.0 Å². The molecule has 7 nitrogen and oxygen atoms in total. The van der Waals surface area contributed by atoms with Gasteiger partial charge in [0.2, 0.25) is 0 Å². The Balaban J connectivity index is 0.000000383. The van der Waals surface area contributed by atoms with Crippen molar-refractivity contribution in [1.29, 1.82) is 0 Å². The van der Waals surface area contributed by atoms with Gasteiger partial charge in [-0.1, -0.05) is 36.4 Å². The first-order valence-corrected chi connectivity index (χ1v) is 10.4. The zero-order valence-corrected chi connectivity index (χ0v) is 18.7. The molecule has 1 saturated heterocycles. The molecule has 3 aromatic rings. The van der Waals surface area contributed by atoms with E-state index in [4.69, 9.17) is 14.6 Å². The highest BCUT2D eigenvalue weighted by atomic mass is 19.4. The number of nitrogens with zero attached hydrogens (tertiary/aromatic N) is 3. The van der Waals surface area contributed by atoms with E-state index in [0.29, 0.717) is 6.04 Å². The molecule has 1 aliphatic rings. The number of halogens is 3. The second-order valence-electron chi connectivity index (χ2n) is 7.86. The summed E-state index contributed by atoms with van der Waals surface area (Å²) in [5, 5.41) is 17.7. The number of hydrogen-bond acceptors (Lipinski definition) is 5. The lowest BCUT2D eigenvalue weighted by Crippen LogP contribution is -2.32. The smallest absolute Gasteiger partial charge is 0.490 e. The molecule has 0 spiro atoms. The summed E-state index contributed by atoms with van der Waals surface area (Å²) in [4.78, 5) is 11.3. The Hall–Kier alpha value is -3.27. The number of aliphatic carboxylic acids is 1. The molecule has 0 aliphatic carbocycles. The Morgan fingerprint density at radius 3 is 2.58 bits per heavy atom. The van der Waals surface area contributed by atoms with Gasteiger partial charge < -0.3 is 20.1 Å². The SMILES string of the molecule is COc1c(CNC2CCN(c3cc(C)nn3C)C2)ccc2ccccc12.O=C(O)C(F)(F)F. The van der Waals surface area contributed by atoms with Gasteiger partial charge in [0.15, 0.2) is 0 Å². The highest BCUT2D eigenvalue weighted by Crippen LogP contribution is 2.30. The fraction of sp³-hybridized carbons (Fsp3) is 0.391. The van der Waals surface area contributed by atoms with E-state index >= 15 is 0 Å². The summed E-state index contributed by atoms with van der Waals surface area (Å²) < 4.78 is 39.4. The fourth-order valence-corrected chi connectivity index (χ4v) is 3.95. The Labute approximate surface area is 189 Å². The van der Waals surface area contributed by atoms with E-state index in [1.54, 1.807) is 7.11 Å². The molecule has 0 saturated carbocycles. The quantitative estimate of drug-likeness (QED) is 0.597. The third-order valence-electron chi connectivity index (χ3n) is 5.48. The van der Waals surface area contributed by atoms with Crippen LogP contribution in [-0.2, 0) is 18.4 Å². The number of alkyl halides is 3. The maximum Gasteiger partial charge on any atom is 0.490 e. The number of hydrogen-bond donors (Lipinski definition) is 2. The molecule has 1 unspecified atom stereocenters. The second kappa shape index (κ2) is 10.1. The monoisotopic (exact) mass is 464 g/mol. The maximum atomic E-state index is 10.6. The summed E-state index contributed by atoms with van der Waals surface area (Å²) in [5.74, 6) is -0.574. The topological polar surface area (TPSA) is 79.6 Å². The van der Waals surface area contributed by atoms with Crippen LogP contribution in [0.1, 0.15) is 17.7 Å². The summed E-state index contributed by atoms with van der Waals surface area (Å²) in [6, 6.07) is 15.4. The first-order valence-electron chi connectivity index (χ1n) is 10.4. The number of carbonyl (C=O) groups is 1. The van der Waals surface area contributed by atoms with Crippen molar-refractivity contribution in [3.63, 3.8) is 0 Å². The minimum Gasteiger partial charge on any atom is -0.496 e. The van der Waals surface area contributed by atoms with Gasteiger partial charge >= 0.3 is 12.1 Å². The van der Waals surface area contributed by atoms with E-state index in [1.807, 2.05) is 18.7 Å². The van der Waals surface area contributed by atoms with Crippen molar-refractivity contribution in [3.8, 4) is 5.75 Å². The number of rotatable bonds is 5. The molecule has 2 N–H and O–H groups in total. The lowest BCUT2D eigenvalue weighted by atomic mass is 10.0. The average Bonchev–Trinajstić information content (AvgIpc) is 3.37. The Morgan fingerprint density at radius 1 is 1.27 bits per heavy atom. The van der Waals surface area contributed by atoms with Gasteiger partial charge in [0.25, 0.3) is 0 Å². The van der Waals surface area contributed by atoms with E-state index in [-0.39, 0.29) is 0 Å². The van der Waals surface area contributed by atoms with Gasteiger partial charge in [0, 0.05) is 49.7 Å². The molecule has 1 fully saturated rings. The standard InChI is InChI=1S/C21H26N4O.C2HF3O2/c1-15-12-20(24(2)23-15)25-11-10-18(14-25)22-13-17-9-8-16-6-4-5-7-19(16)21(17)26-3;3-2(4,5)1(6)7/h4-9,12,18,22H,10-11,13-14H2,1-3H3;(H,6,7). The Bertz CT molecular complexity index is 1110. The van der Waals surface area contributed by atoms with Crippen LogP contribution in [-0.4, -0.2) is 53.3 Å². The van der Waals surface area contributed by atoms with Crippen molar-refractivity contribution in [1.82, 2.24) is 15.1 Å². The molecule has 0 bridgehead atoms. The molecule has 1 aliphatic heterocycles. The van der Waals surface area contributed by atoms with Crippen molar-refractivity contribution in [2.24, 2.45) is 7.05 Å². The van der Waals surface area contributed by atoms with Crippen LogP contribution in [0.2, 0.25) is 0 Å². The van der Waals surface area contributed by atoms with Crippen molar-refractivity contribution in [2.75, 3.05) is 25.1 Å². The van der Waals surface area contributed by atoms with Gasteiger partial charge in [0.05, 0.1) is 12.8 Å². The number of nitrogens with one attached hydrogen (secondary N) is 1. The molecule has 1 atom stereocenters. The zero-order chi connectivity index (χ0) is 24.2. The lowest BCUT2D eigenvalue weighted by molar-refractivity contribution is -0.192. The third-order valence-corrected chi connectivity index (χ3v) is 5.48. The number of carboxylic acids is 1. The van der Waals surface area contributed by atoms with Crippen LogP contribution in [0, 0.1) is 6.92 Å². The molecule has 0 radical (unpaired) electrons.